The zero-order valence-electron chi connectivity index (χ0n) is 15.9. The minimum absolute atomic E-state index is 0.0655. The van der Waals surface area contributed by atoms with Gasteiger partial charge in [-0.3, -0.25) is 4.79 Å². The van der Waals surface area contributed by atoms with Gasteiger partial charge in [0.15, 0.2) is 0 Å². The summed E-state index contributed by atoms with van der Waals surface area (Å²) in [6.45, 7) is 4.66. The highest BCUT2D eigenvalue weighted by atomic mass is 32.2. The third-order valence-electron chi connectivity index (χ3n) is 4.09. The van der Waals surface area contributed by atoms with Crippen LogP contribution in [0.3, 0.4) is 0 Å². The third-order valence-corrected chi connectivity index (χ3v) is 5.27. The molecule has 2 aromatic rings. The van der Waals surface area contributed by atoms with Gasteiger partial charge in [0.25, 0.3) is 0 Å². The lowest BCUT2D eigenvalue weighted by molar-refractivity contribution is -0.121. The molecule has 0 fully saturated rings. The van der Waals surface area contributed by atoms with Crippen LogP contribution >= 0.6 is 11.8 Å². The van der Waals surface area contributed by atoms with Gasteiger partial charge >= 0.3 is 0 Å². The molecule has 0 aromatic heterocycles. The van der Waals surface area contributed by atoms with Crippen LogP contribution in [0.25, 0.3) is 0 Å². The Kier molecular flexibility index (Phi) is 7.85. The molecule has 0 spiro atoms. The molecule has 140 valence electrons. The standard InChI is InChI=1S/C21H27NO3S/c1-15-5-11-20(25-4)17(13-15)14-22-21(23)12-6-16(2)26-19-9-7-18(24-3)8-10-19/h5,7-11,13,16H,6,12,14H2,1-4H3,(H,22,23). The van der Waals surface area contributed by atoms with Crippen LogP contribution in [0, 0.1) is 6.92 Å². The molecular weight excluding hydrogens is 346 g/mol. The molecule has 1 amide bonds. The molecule has 0 aliphatic rings. The molecule has 0 heterocycles. The van der Waals surface area contributed by atoms with Gasteiger partial charge in [-0.2, -0.15) is 0 Å². The highest BCUT2D eigenvalue weighted by Gasteiger charge is 2.10. The van der Waals surface area contributed by atoms with Crippen molar-refractivity contribution in [2.24, 2.45) is 0 Å². The number of carbonyl (C=O) groups is 1. The molecule has 2 rings (SSSR count). The second-order valence-corrected chi connectivity index (χ2v) is 7.75. The van der Waals surface area contributed by atoms with E-state index in [1.54, 1.807) is 26.0 Å². The van der Waals surface area contributed by atoms with Crippen molar-refractivity contribution in [2.45, 2.75) is 43.4 Å². The number of methoxy groups -OCH3 is 2. The van der Waals surface area contributed by atoms with Gasteiger partial charge in [0.05, 0.1) is 14.2 Å². The Morgan fingerprint density at radius 1 is 1.12 bits per heavy atom. The summed E-state index contributed by atoms with van der Waals surface area (Å²) in [7, 11) is 3.31. The van der Waals surface area contributed by atoms with Crippen molar-refractivity contribution in [3.63, 3.8) is 0 Å². The Labute approximate surface area is 160 Å². The van der Waals surface area contributed by atoms with E-state index in [4.69, 9.17) is 9.47 Å². The van der Waals surface area contributed by atoms with Gasteiger partial charge in [0.1, 0.15) is 11.5 Å². The van der Waals surface area contributed by atoms with Crippen LogP contribution in [0.1, 0.15) is 30.9 Å². The van der Waals surface area contributed by atoms with E-state index in [1.807, 2.05) is 49.4 Å². The monoisotopic (exact) mass is 373 g/mol. The Morgan fingerprint density at radius 2 is 1.85 bits per heavy atom. The zero-order valence-corrected chi connectivity index (χ0v) is 16.7. The molecule has 0 radical (unpaired) electrons. The Bertz CT molecular complexity index is 716. The van der Waals surface area contributed by atoms with E-state index in [0.717, 1.165) is 29.0 Å². The molecule has 0 saturated heterocycles. The maximum absolute atomic E-state index is 12.2. The lowest BCUT2D eigenvalue weighted by Gasteiger charge is -2.13. The van der Waals surface area contributed by atoms with Gasteiger partial charge in [-0.1, -0.05) is 24.6 Å². The van der Waals surface area contributed by atoms with Crippen molar-refractivity contribution in [1.82, 2.24) is 5.32 Å². The average molecular weight is 374 g/mol. The zero-order chi connectivity index (χ0) is 18.9. The van der Waals surface area contributed by atoms with Gasteiger partial charge in [-0.05, 0) is 43.7 Å². The first kappa shape index (κ1) is 20.2. The summed E-state index contributed by atoms with van der Waals surface area (Å²) in [5.74, 6) is 1.73. The first-order valence-corrected chi connectivity index (χ1v) is 9.60. The fourth-order valence-electron chi connectivity index (χ4n) is 2.61. The van der Waals surface area contributed by atoms with Crippen LogP contribution in [0.15, 0.2) is 47.4 Å². The van der Waals surface area contributed by atoms with Crippen LogP contribution in [-0.2, 0) is 11.3 Å². The minimum atomic E-state index is 0.0655. The van der Waals surface area contributed by atoms with E-state index in [2.05, 4.69) is 12.2 Å². The summed E-state index contributed by atoms with van der Waals surface area (Å²) in [5, 5.41) is 3.35. The first-order chi connectivity index (χ1) is 12.5. The maximum Gasteiger partial charge on any atom is 0.220 e. The number of nitrogens with one attached hydrogen (secondary N) is 1. The Balaban J connectivity index is 1.76. The summed E-state index contributed by atoms with van der Waals surface area (Å²) >= 11 is 1.77. The van der Waals surface area contributed by atoms with Crippen molar-refractivity contribution in [3.05, 3.63) is 53.6 Å². The highest BCUT2D eigenvalue weighted by molar-refractivity contribution is 7.99. The summed E-state index contributed by atoms with van der Waals surface area (Å²) in [6, 6.07) is 14.0. The van der Waals surface area contributed by atoms with Gasteiger partial charge in [0.2, 0.25) is 5.91 Å². The normalized spacial score (nSPS) is 11.7. The Hall–Kier alpha value is -2.14. The van der Waals surface area contributed by atoms with Crippen molar-refractivity contribution in [2.75, 3.05) is 14.2 Å². The molecule has 2 aromatic carbocycles. The molecule has 26 heavy (non-hydrogen) atoms. The van der Waals surface area contributed by atoms with Crippen LogP contribution in [0.2, 0.25) is 0 Å². The molecular formula is C21H27NO3S. The van der Waals surface area contributed by atoms with Gasteiger partial charge in [0, 0.05) is 28.7 Å². The number of amides is 1. The fourth-order valence-corrected chi connectivity index (χ4v) is 3.60. The molecule has 0 aliphatic heterocycles. The smallest absolute Gasteiger partial charge is 0.220 e. The van der Waals surface area contributed by atoms with Gasteiger partial charge in [-0.15, -0.1) is 11.8 Å². The topological polar surface area (TPSA) is 47.6 Å². The summed E-state index contributed by atoms with van der Waals surface area (Å²) in [6.07, 6.45) is 1.34. The Morgan fingerprint density at radius 3 is 2.50 bits per heavy atom. The van der Waals surface area contributed by atoms with E-state index in [-0.39, 0.29) is 5.91 Å². The second kappa shape index (κ2) is 10.1. The van der Waals surface area contributed by atoms with Crippen LogP contribution < -0.4 is 14.8 Å². The minimum Gasteiger partial charge on any atom is -0.497 e. The number of hydrogen-bond donors (Lipinski definition) is 1. The molecule has 1 atom stereocenters. The number of ether oxygens (including phenoxy) is 2. The van der Waals surface area contributed by atoms with Crippen LogP contribution in [0.4, 0.5) is 0 Å². The average Bonchev–Trinajstić information content (AvgIpc) is 2.65. The maximum atomic E-state index is 12.2. The van der Waals surface area contributed by atoms with Crippen molar-refractivity contribution < 1.29 is 14.3 Å². The molecule has 4 nitrogen and oxygen atoms in total. The van der Waals surface area contributed by atoms with E-state index < -0.39 is 0 Å². The number of benzene rings is 2. The molecule has 1 unspecified atom stereocenters. The predicted molar refractivity (Wildman–Crippen MR) is 107 cm³/mol. The van der Waals surface area contributed by atoms with Crippen LogP contribution in [0.5, 0.6) is 11.5 Å². The molecule has 0 bridgehead atoms. The summed E-state index contributed by atoms with van der Waals surface area (Å²) in [4.78, 5) is 13.3. The van der Waals surface area contributed by atoms with Crippen LogP contribution in [-0.4, -0.2) is 25.4 Å². The number of carbonyl (C=O) groups excluding carboxylic acids is 1. The number of rotatable bonds is 9. The lowest BCUT2D eigenvalue weighted by Crippen LogP contribution is -2.23. The summed E-state index contributed by atoms with van der Waals surface area (Å²) < 4.78 is 10.5. The quantitative estimate of drug-likeness (QED) is 0.653. The molecule has 5 heteroatoms. The fraction of sp³-hybridized carbons (Fsp3) is 0.381. The molecule has 1 N–H and O–H groups in total. The largest absolute Gasteiger partial charge is 0.497 e. The lowest BCUT2D eigenvalue weighted by atomic mass is 10.1. The van der Waals surface area contributed by atoms with E-state index in [9.17, 15) is 4.79 Å². The van der Waals surface area contributed by atoms with E-state index in [0.29, 0.717) is 18.2 Å². The predicted octanol–water partition coefficient (Wildman–Crippen LogP) is 4.59. The highest BCUT2D eigenvalue weighted by Crippen LogP contribution is 2.27. The molecule has 0 aliphatic carbocycles. The first-order valence-electron chi connectivity index (χ1n) is 8.72. The van der Waals surface area contributed by atoms with Gasteiger partial charge in [-0.25, -0.2) is 0 Å². The number of aryl methyl sites for hydroxylation is 1. The van der Waals surface area contributed by atoms with Crippen molar-refractivity contribution in [1.29, 1.82) is 0 Å². The van der Waals surface area contributed by atoms with Gasteiger partial charge < -0.3 is 14.8 Å². The number of hydrogen-bond acceptors (Lipinski definition) is 4. The van der Waals surface area contributed by atoms with E-state index >= 15 is 0 Å². The van der Waals surface area contributed by atoms with Crippen molar-refractivity contribution >= 4 is 17.7 Å². The molecule has 0 saturated carbocycles. The summed E-state index contributed by atoms with van der Waals surface area (Å²) in [5.41, 5.74) is 2.15. The second-order valence-electron chi connectivity index (χ2n) is 6.23. The van der Waals surface area contributed by atoms with Crippen molar-refractivity contribution in [3.8, 4) is 11.5 Å². The SMILES string of the molecule is COc1ccc(SC(C)CCC(=O)NCc2cc(C)ccc2OC)cc1. The third kappa shape index (κ3) is 6.30. The van der Waals surface area contributed by atoms with E-state index in [1.165, 1.54) is 4.90 Å². The number of thioether (sulfide) groups is 1.